The molecule has 1 fully saturated rings. The summed E-state index contributed by atoms with van der Waals surface area (Å²) in [5.41, 5.74) is 6.27. The zero-order valence-electron chi connectivity index (χ0n) is 9.96. The van der Waals surface area contributed by atoms with Crippen LogP contribution in [0, 0.1) is 17.6 Å². The smallest absolute Gasteiger partial charge is 0.223 e. The molecule has 1 aliphatic carbocycles. The van der Waals surface area contributed by atoms with E-state index in [0.29, 0.717) is 18.5 Å². The van der Waals surface area contributed by atoms with Crippen LogP contribution in [0.5, 0.6) is 0 Å². The lowest BCUT2D eigenvalue weighted by Gasteiger charge is -2.31. The van der Waals surface area contributed by atoms with Gasteiger partial charge in [-0.3, -0.25) is 4.79 Å². The largest absolute Gasteiger partial charge is 0.356 e. The molecular formula is C13H16F2N2O. The average molecular weight is 254 g/mol. The Morgan fingerprint density at radius 2 is 2.06 bits per heavy atom. The van der Waals surface area contributed by atoms with E-state index in [-0.39, 0.29) is 17.9 Å². The Hall–Kier alpha value is -1.49. The summed E-state index contributed by atoms with van der Waals surface area (Å²) in [6, 6.07) is 3.91. The van der Waals surface area contributed by atoms with E-state index < -0.39 is 11.6 Å². The minimum atomic E-state index is -0.858. The highest BCUT2D eigenvalue weighted by molar-refractivity contribution is 5.79. The third-order valence-electron chi connectivity index (χ3n) is 3.24. The van der Waals surface area contributed by atoms with Crippen molar-refractivity contribution < 1.29 is 13.6 Å². The van der Waals surface area contributed by atoms with Gasteiger partial charge in [-0.25, -0.2) is 8.78 Å². The molecule has 0 spiro atoms. The normalized spacial score (nSPS) is 22.4. The fraction of sp³-hybridized carbons (Fsp3) is 0.462. The van der Waals surface area contributed by atoms with Crippen molar-refractivity contribution >= 4 is 5.91 Å². The molecule has 98 valence electrons. The first kappa shape index (κ1) is 13.0. The first-order chi connectivity index (χ1) is 8.56. The zero-order chi connectivity index (χ0) is 13.1. The van der Waals surface area contributed by atoms with Crippen LogP contribution in [0.25, 0.3) is 0 Å². The van der Waals surface area contributed by atoms with E-state index in [2.05, 4.69) is 5.32 Å². The molecule has 3 nitrogen and oxygen atoms in total. The lowest BCUT2D eigenvalue weighted by atomic mass is 9.80. The van der Waals surface area contributed by atoms with Gasteiger partial charge in [-0.05, 0) is 37.0 Å². The molecule has 3 N–H and O–H groups in total. The maximum Gasteiger partial charge on any atom is 0.223 e. The number of hydrogen-bond acceptors (Lipinski definition) is 2. The molecule has 1 aromatic rings. The predicted molar refractivity (Wildman–Crippen MR) is 63.8 cm³/mol. The van der Waals surface area contributed by atoms with Crippen molar-refractivity contribution in [3.8, 4) is 0 Å². The Bertz CT molecular complexity index is 445. The predicted octanol–water partition coefficient (Wildman–Crippen LogP) is 1.36. The van der Waals surface area contributed by atoms with Gasteiger partial charge in [0.2, 0.25) is 5.91 Å². The number of nitrogens with one attached hydrogen (secondary N) is 1. The summed E-state index contributed by atoms with van der Waals surface area (Å²) >= 11 is 0. The average Bonchev–Trinajstić information content (AvgIpc) is 2.29. The van der Waals surface area contributed by atoms with Crippen LogP contribution in [-0.2, 0) is 11.2 Å². The number of carbonyl (C=O) groups is 1. The fourth-order valence-corrected chi connectivity index (χ4v) is 2.05. The second-order valence-corrected chi connectivity index (χ2v) is 4.72. The number of benzene rings is 1. The van der Waals surface area contributed by atoms with Gasteiger partial charge in [-0.15, -0.1) is 0 Å². The van der Waals surface area contributed by atoms with E-state index in [1.807, 2.05) is 0 Å². The van der Waals surface area contributed by atoms with Crippen molar-refractivity contribution in [3.05, 3.63) is 35.4 Å². The molecule has 2 rings (SSSR count). The quantitative estimate of drug-likeness (QED) is 0.852. The Morgan fingerprint density at radius 1 is 1.33 bits per heavy atom. The third kappa shape index (κ3) is 3.04. The van der Waals surface area contributed by atoms with Crippen LogP contribution < -0.4 is 11.1 Å². The third-order valence-corrected chi connectivity index (χ3v) is 3.24. The number of halogens is 2. The zero-order valence-corrected chi connectivity index (χ0v) is 9.96. The van der Waals surface area contributed by atoms with E-state index >= 15 is 0 Å². The molecular weight excluding hydrogens is 238 g/mol. The Labute approximate surface area is 104 Å². The van der Waals surface area contributed by atoms with Crippen molar-refractivity contribution in [2.45, 2.75) is 25.3 Å². The number of hydrogen-bond donors (Lipinski definition) is 2. The van der Waals surface area contributed by atoms with Gasteiger partial charge in [0.1, 0.15) is 0 Å². The summed E-state index contributed by atoms with van der Waals surface area (Å²) in [5.74, 6) is -1.70. The molecule has 0 saturated heterocycles. The molecule has 0 heterocycles. The number of carbonyl (C=O) groups excluding carboxylic acids is 1. The number of nitrogens with two attached hydrogens (primary N) is 1. The maximum absolute atomic E-state index is 12.9. The monoisotopic (exact) mass is 254 g/mol. The minimum absolute atomic E-state index is 0.000663. The summed E-state index contributed by atoms with van der Waals surface area (Å²) in [5, 5.41) is 2.78. The van der Waals surface area contributed by atoms with Crippen molar-refractivity contribution in [1.29, 1.82) is 0 Å². The summed E-state index contributed by atoms with van der Waals surface area (Å²) in [6.07, 6.45) is 1.95. The van der Waals surface area contributed by atoms with Crippen LogP contribution in [0.15, 0.2) is 18.2 Å². The van der Waals surface area contributed by atoms with Gasteiger partial charge in [-0.1, -0.05) is 6.07 Å². The van der Waals surface area contributed by atoms with Crippen LogP contribution >= 0.6 is 0 Å². The molecule has 0 radical (unpaired) electrons. The highest BCUT2D eigenvalue weighted by Gasteiger charge is 2.31. The minimum Gasteiger partial charge on any atom is -0.356 e. The molecule has 1 amide bonds. The van der Waals surface area contributed by atoms with E-state index in [0.717, 1.165) is 25.0 Å². The summed E-state index contributed by atoms with van der Waals surface area (Å²) < 4.78 is 25.6. The second kappa shape index (κ2) is 5.44. The van der Waals surface area contributed by atoms with Gasteiger partial charge in [0.05, 0.1) is 0 Å². The van der Waals surface area contributed by atoms with Gasteiger partial charge in [-0.2, -0.15) is 0 Å². The molecule has 0 bridgehead atoms. The highest BCUT2D eigenvalue weighted by atomic mass is 19.2. The molecule has 1 aliphatic rings. The van der Waals surface area contributed by atoms with Gasteiger partial charge in [0.25, 0.3) is 0 Å². The van der Waals surface area contributed by atoms with Gasteiger partial charge < -0.3 is 11.1 Å². The summed E-state index contributed by atoms with van der Waals surface area (Å²) in [4.78, 5) is 11.6. The fourth-order valence-electron chi connectivity index (χ4n) is 2.05. The molecule has 18 heavy (non-hydrogen) atoms. The van der Waals surface area contributed by atoms with Crippen LogP contribution in [0.2, 0.25) is 0 Å². The Kier molecular flexibility index (Phi) is 3.91. The highest BCUT2D eigenvalue weighted by Crippen LogP contribution is 2.25. The Balaban J connectivity index is 1.74. The second-order valence-electron chi connectivity index (χ2n) is 4.72. The van der Waals surface area contributed by atoms with Gasteiger partial charge in [0, 0.05) is 18.5 Å². The summed E-state index contributed by atoms with van der Waals surface area (Å²) in [6.45, 7) is 0.426. The lowest BCUT2D eigenvalue weighted by molar-refractivity contribution is -0.127. The standard InChI is InChI=1S/C13H16F2N2O/c14-11-2-1-8(5-12(11)15)3-4-17-13(18)9-6-10(16)7-9/h1-2,5,9-10H,3-4,6-7,16H2,(H,17,18). The van der Waals surface area contributed by atoms with Crippen molar-refractivity contribution in [2.75, 3.05) is 6.54 Å². The molecule has 0 aliphatic heterocycles. The molecule has 1 saturated carbocycles. The summed E-state index contributed by atoms with van der Waals surface area (Å²) in [7, 11) is 0. The van der Waals surface area contributed by atoms with Gasteiger partial charge >= 0.3 is 0 Å². The van der Waals surface area contributed by atoms with Crippen LogP contribution in [0.3, 0.4) is 0 Å². The van der Waals surface area contributed by atoms with Crippen LogP contribution in [0.4, 0.5) is 8.78 Å². The van der Waals surface area contributed by atoms with Crippen molar-refractivity contribution in [2.24, 2.45) is 11.7 Å². The first-order valence-electron chi connectivity index (χ1n) is 6.03. The first-order valence-corrected chi connectivity index (χ1v) is 6.03. The molecule has 0 atom stereocenters. The number of rotatable bonds is 4. The SMILES string of the molecule is NC1CC(C(=O)NCCc2ccc(F)c(F)c2)C1. The topological polar surface area (TPSA) is 55.1 Å². The molecule has 0 aromatic heterocycles. The molecule has 1 aromatic carbocycles. The van der Waals surface area contributed by atoms with E-state index in [1.165, 1.54) is 6.07 Å². The Morgan fingerprint density at radius 3 is 2.67 bits per heavy atom. The van der Waals surface area contributed by atoms with Crippen LogP contribution in [0.1, 0.15) is 18.4 Å². The van der Waals surface area contributed by atoms with Crippen molar-refractivity contribution in [1.82, 2.24) is 5.32 Å². The van der Waals surface area contributed by atoms with Crippen molar-refractivity contribution in [3.63, 3.8) is 0 Å². The number of amides is 1. The maximum atomic E-state index is 12.9. The molecule has 0 unspecified atom stereocenters. The van der Waals surface area contributed by atoms with E-state index in [9.17, 15) is 13.6 Å². The van der Waals surface area contributed by atoms with Crippen LogP contribution in [-0.4, -0.2) is 18.5 Å². The van der Waals surface area contributed by atoms with E-state index in [1.54, 1.807) is 0 Å². The molecule has 5 heteroatoms. The van der Waals surface area contributed by atoms with E-state index in [4.69, 9.17) is 5.73 Å². The van der Waals surface area contributed by atoms with Gasteiger partial charge in [0.15, 0.2) is 11.6 Å². The lowest BCUT2D eigenvalue weighted by Crippen LogP contribution is -2.45.